The van der Waals surface area contributed by atoms with Gasteiger partial charge in [0.25, 0.3) is 0 Å². The summed E-state index contributed by atoms with van der Waals surface area (Å²) in [7, 11) is 0. The van der Waals surface area contributed by atoms with Gasteiger partial charge >= 0.3 is 11.9 Å². The van der Waals surface area contributed by atoms with Crippen LogP contribution in [0.25, 0.3) is 16.8 Å². The molecule has 7 nitrogen and oxygen atoms in total. The minimum absolute atomic E-state index is 0.0555. The molecule has 3 aromatic rings. The van der Waals surface area contributed by atoms with Crippen molar-refractivity contribution in [2.24, 2.45) is 0 Å². The van der Waals surface area contributed by atoms with E-state index in [1.54, 1.807) is 13.8 Å². The van der Waals surface area contributed by atoms with Gasteiger partial charge < -0.3 is 14.8 Å². The number of allylic oxidation sites excluding steroid dienone is 1. The van der Waals surface area contributed by atoms with Crippen molar-refractivity contribution in [1.82, 2.24) is 4.98 Å². The molecule has 0 amide bonds. The Morgan fingerprint density at radius 1 is 1.24 bits per heavy atom. The molecule has 0 unspecified atom stereocenters. The lowest BCUT2D eigenvalue weighted by atomic mass is 10.1. The Morgan fingerprint density at radius 3 is 2.67 bits per heavy atom. The first kappa shape index (κ1) is 23.9. The van der Waals surface area contributed by atoms with E-state index < -0.39 is 11.9 Å². The van der Waals surface area contributed by atoms with E-state index in [9.17, 15) is 14.9 Å². The largest absolute Gasteiger partial charge is 0.462 e. The van der Waals surface area contributed by atoms with Crippen LogP contribution in [0.1, 0.15) is 37.5 Å². The van der Waals surface area contributed by atoms with Crippen molar-refractivity contribution < 1.29 is 19.1 Å². The summed E-state index contributed by atoms with van der Waals surface area (Å²) in [6.45, 7) is 7.12. The average Bonchev–Trinajstić information content (AvgIpc) is 3.44. The van der Waals surface area contributed by atoms with Gasteiger partial charge in [-0.25, -0.2) is 14.6 Å². The molecule has 0 saturated carbocycles. The van der Waals surface area contributed by atoms with Gasteiger partial charge in [0.2, 0.25) is 0 Å². The fraction of sp³-hybridized carbons (Fsp3) is 0.167. The molecule has 1 N–H and O–H groups in total. The van der Waals surface area contributed by atoms with Gasteiger partial charge in [0, 0.05) is 17.1 Å². The molecule has 0 spiro atoms. The number of nitriles is 1. The standard InChI is InChI=1S/C24H21N3O4S2/c1-4-11-31-24(29)20-15(3)19(23(28)30-5-2)22(33-20)26-13-17(12-25)21-27-18(14-32-21)16-9-7-6-8-10-16/h4,6-10,13-14,26H,1,5,11H2,2-3H3/b17-13-. The van der Waals surface area contributed by atoms with Crippen molar-refractivity contribution in [3.8, 4) is 17.3 Å². The molecule has 0 aliphatic carbocycles. The van der Waals surface area contributed by atoms with Crippen LogP contribution in [0.3, 0.4) is 0 Å². The van der Waals surface area contributed by atoms with Crippen LogP contribution < -0.4 is 5.32 Å². The maximum Gasteiger partial charge on any atom is 0.348 e. The molecule has 0 saturated heterocycles. The summed E-state index contributed by atoms with van der Waals surface area (Å²) in [5, 5.41) is 15.5. The molecule has 1 aromatic carbocycles. The molecule has 0 aliphatic heterocycles. The van der Waals surface area contributed by atoms with Gasteiger partial charge in [-0.15, -0.1) is 22.7 Å². The van der Waals surface area contributed by atoms with Crippen LogP contribution in [-0.4, -0.2) is 30.1 Å². The smallest absolute Gasteiger partial charge is 0.348 e. The molecule has 0 atom stereocenters. The normalized spacial score (nSPS) is 10.9. The third kappa shape index (κ3) is 5.55. The molecule has 33 heavy (non-hydrogen) atoms. The number of rotatable bonds is 9. The van der Waals surface area contributed by atoms with Crippen molar-refractivity contribution in [3.05, 3.63) is 75.6 Å². The summed E-state index contributed by atoms with van der Waals surface area (Å²) in [5.74, 6) is -1.13. The summed E-state index contributed by atoms with van der Waals surface area (Å²) < 4.78 is 10.3. The fourth-order valence-electron chi connectivity index (χ4n) is 2.88. The summed E-state index contributed by atoms with van der Waals surface area (Å²) in [6, 6.07) is 11.8. The second kappa shape index (κ2) is 11.2. The summed E-state index contributed by atoms with van der Waals surface area (Å²) in [5.41, 5.74) is 2.68. The number of hydrogen-bond donors (Lipinski definition) is 1. The quantitative estimate of drug-likeness (QED) is 0.239. The van der Waals surface area contributed by atoms with E-state index in [0.717, 1.165) is 22.6 Å². The fourth-order valence-corrected chi connectivity index (χ4v) is 4.73. The summed E-state index contributed by atoms with van der Waals surface area (Å²) in [6.07, 6.45) is 2.94. The predicted octanol–water partition coefficient (Wildman–Crippen LogP) is 5.68. The number of carbonyl (C=O) groups is 2. The molecule has 0 bridgehead atoms. The highest BCUT2D eigenvalue weighted by Gasteiger charge is 2.26. The van der Waals surface area contributed by atoms with Gasteiger partial charge in [-0.05, 0) is 19.4 Å². The summed E-state index contributed by atoms with van der Waals surface area (Å²) in [4.78, 5) is 29.8. The number of nitrogens with zero attached hydrogens (tertiary/aromatic N) is 2. The summed E-state index contributed by atoms with van der Waals surface area (Å²) >= 11 is 2.40. The number of ether oxygens (including phenoxy) is 2. The number of esters is 2. The molecular weight excluding hydrogens is 458 g/mol. The number of nitrogens with one attached hydrogen (secondary N) is 1. The minimum atomic E-state index is -0.566. The highest BCUT2D eigenvalue weighted by molar-refractivity contribution is 7.18. The Morgan fingerprint density at radius 2 is 2.00 bits per heavy atom. The number of thiophene rings is 1. The van der Waals surface area contributed by atoms with E-state index in [1.807, 2.05) is 35.7 Å². The zero-order valence-corrected chi connectivity index (χ0v) is 19.7. The van der Waals surface area contributed by atoms with Gasteiger partial charge in [-0.2, -0.15) is 5.26 Å². The first-order valence-electron chi connectivity index (χ1n) is 9.96. The molecule has 168 valence electrons. The van der Waals surface area contributed by atoms with Crippen LogP contribution in [0.2, 0.25) is 0 Å². The molecule has 2 aromatic heterocycles. The predicted molar refractivity (Wildman–Crippen MR) is 130 cm³/mol. The lowest BCUT2D eigenvalue weighted by Crippen LogP contribution is -2.09. The molecular formula is C24H21N3O4S2. The van der Waals surface area contributed by atoms with Crippen molar-refractivity contribution in [3.63, 3.8) is 0 Å². The Kier molecular flexibility index (Phi) is 8.13. The van der Waals surface area contributed by atoms with Crippen LogP contribution in [-0.2, 0) is 9.47 Å². The molecule has 2 heterocycles. The maximum absolute atomic E-state index is 12.6. The molecule has 3 rings (SSSR count). The molecule has 0 radical (unpaired) electrons. The minimum Gasteiger partial charge on any atom is -0.462 e. The van der Waals surface area contributed by atoms with E-state index in [4.69, 9.17) is 9.47 Å². The van der Waals surface area contributed by atoms with Gasteiger partial charge in [-0.3, -0.25) is 0 Å². The van der Waals surface area contributed by atoms with Crippen molar-refractivity contribution in [2.45, 2.75) is 13.8 Å². The molecule has 9 heteroatoms. The van der Waals surface area contributed by atoms with E-state index in [2.05, 4.69) is 22.9 Å². The van der Waals surface area contributed by atoms with Gasteiger partial charge in [0.1, 0.15) is 33.1 Å². The SMILES string of the molecule is C=CCOC(=O)c1sc(N/C=C(/C#N)c2nc(-c3ccccc3)cs2)c(C(=O)OCC)c1C. The second-order valence-corrected chi connectivity index (χ2v) is 8.46. The number of thiazole rings is 1. The Hall–Kier alpha value is -3.74. The Bertz CT molecular complexity index is 1240. The number of hydrogen-bond acceptors (Lipinski definition) is 9. The van der Waals surface area contributed by atoms with Crippen LogP contribution in [0.5, 0.6) is 0 Å². The Balaban J connectivity index is 1.93. The van der Waals surface area contributed by atoms with E-state index in [1.165, 1.54) is 23.6 Å². The van der Waals surface area contributed by atoms with Gasteiger partial charge in [0.05, 0.1) is 17.9 Å². The zero-order chi connectivity index (χ0) is 23.8. The number of benzene rings is 1. The van der Waals surface area contributed by atoms with Gasteiger partial charge in [0.15, 0.2) is 0 Å². The Labute approximate surface area is 199 Å². The monoisotopic (exact) mass is 479 g/mol. The van der Waals surface area contributed by atoms with Gasteiger partial charge in [-0.1, -0.05) is 43.0 Å². The third-order valence-electron chi connectivity index (χ3n) is 4.42. The second-order valence-electron chi connectivity index (χ2n) is 6.59. The number of aromatic nitrogens is 1. The van der Waals surface area contributed by atoms with Crippen molar-refractivity contribution >= 4 is 45.2 Å². The highest BCUT2D eigenvalue weighted by Crippen LogP contribution is 2.35. The van der Waals surface area contributed by atoms with Crippen LogP contribution in [0, 0.1) is 18.3 Å². The highest BCUT2D eigenvalue weighted by atomic mass is 32.1. The first-order chi connectivity index (χ1) is 16.0. The zero-order valence-electron chi connectivity index (χ0n) is 18.1. The van der Waals surface area contributed by atoms with Crippen LogP contribution in [0.4, 0.5) is 5.00 Å². The van der Waals surface area contributed by atoms with Crippen molar-refractivity contribution in [2.75, 3.05) is 18.5 Å². The van der Waals surface area contributed by atoms with Crippen LogP contribution in [0.15, 0.2) is 54.6 Å². The number of anilines is 1. The van der Waals surface area contributed by atoms with E-state index in [0.29, 0.717) is 21.1 Å². The topological polar surface area (TPSA) is 101 Å². The average molecular weight is 480 g/mol. The third-order valence-corrected chi connectivity index (χ3v) is 6.49. The molecule has 0 fully saturated rings. The van der Waals surface area contributed by atoms with Crippen molar-refractivity contribution in [1.29, 1.82) is 5.26 Å². The lowest BCUT2D eigenvalue weighted by molar-refractivity contribution is 0.0527. The van der Waals surface area contributed by atoms with Crippen LogP contribution >= 0.6 is 22.7 Å². The van der Waals surface area contributed by atoms with E-state index >= 15 is 0 Å². The van der Waals surface area contributed by atoms with E-state index in [-0.39, 0.29) is 23.7 Å². The first-order valence-corrected chi connectivity index (χ1v) is 11.7. The number of carbonyl (C=O) groups excluding carboxylic acids is 2. The molecule has 0 aliphatic rings. The lowest BCUT2D eigenvalue weighted by Gasteiger charge is -2.05. The maximum atomic E-state index is 12.6.